The summed E-state index contributed by atoms with van der Waals surface area (Å²) in [6, 6.07) is 12.2. The molecule has 3 aromatic carbocycles. The molecule has 0 unspecified atom stereocenters. The second-order valence-electron chi connectivity index (χ2n) is 15.4. The molecule has 7 aromatic rings. The van der Waals surface area contributed by atoms with E-state index in [2.05, 4.69) is 25.2 Å². The van der Waals surface area contributed by atoms with Crippen LogP contribution in [0.1, 0.15) is 58.7 Å². The van der Waals surface area contributed by atoms with Gasteiger partial charge in [-0.25, -0.2) is 31.0 Å². The molecule has 1 fully saturated rings. The van der Waals surface area contributed by atoms with Gasteiger partial charge in [0.1, 0.15) is 35.4 Å². The smallest absolute Gasteiger partial charge is 0.293 e. The van der Waals surface area contributed by atoms with E-state index in [4.69, 9.17) is 16.6 Å². The number of halogens is 7. The molecule has 9 rings (SSSR count). The van der Waals surface area contributed by atoms with E-state index in [0.717, 1.165) is 28.5 Å². The average Bonchev–Trinajstić information content (AvgIpc) is 3.73. The minimum absolute atomic E-state index is 0.00288. The minimum atomic E-state index is -3.91. The first kappa shape index (κ1) is 41.1. The van der Waals surface area contributed by atoms with E-state index in [1.165, 1.54) is 29.9 Å². The summed E-state index contributed by atoms with van der Waals surface area (Å²) in [5.74, 6) is -9.00. The molecule has 0 radical (unpaired) electrons. The van der Waals surface area contributed by atoms with Crippen LogP contribution >= 0.6 is 11.6 Å². The van der Waals surface area contributed by atoms with Crippen LogP contribution in [0.2, 0.25) is 5.02 Å². The quantitative estimate of drug-likeness (QED) is 0.127. The lowest BCUT2D eigenvalue weighted by Crippen LogP contribution is -2.38. The lowest BCUT2D eigenvalue weighted by atomic mass is 10.0. The number of aryl methyl sites for hydroxylation is 2. The number of sulfonamides is 1. The highest BCUT2D eigenvalue weighted by Gasteiger charge is 2.67. The Labute approximate surface area is 352 Å². The van der Waals surface area contributed by atoms with Gasteiger partial charge in [-0.3, -0.25) is 33.2 Å². The van der Waals surface area contributed by atoms with Crippen molar-refractivity contribution < 1.29 is 39.6 Å². The maximum Gasteiger partial charge on any atom is 0.293 e. The topological polar surface area (TPSA) is 159 Å². The predicted molar refractivity (Wildman–Crippen MR) is 216 cm³/mol. The third kappa shape index (κ3) is 7.03. The standard InChI is InChI=1S/C41H32ClF6N9O4S/c1-18-5-4-10-49-33(18)20-6-7-23-27(14-20)51-39(57(40(23)59)29-9-8-26(42)32-35(29)55(2)53-38(32)54-62(3,60)61)28(13-19-11-21(43)15-22(44)12-19)50-30(58)17-56-36-31(34(52-56)37(45)46)24-16-25(24)41(36,47)48/h4-12,14-15,24-25,28,37H,13,16-17H2,1-3H3,(H,50,58)(H,53,54)/t24-,25+,28-/m0/s1. The Kier molecular flexibility index (Phi) is 9.73. The SMILES string of the molecule is Cc1cccnc1-c1ccc2c(=O)n(-c3ccc(Cl)c4c(NS(C)(=O)=O)nn(C)c34)c([C@H](Cc3cc(F)cc(F)c3)NC(=O)Cn3nc(C(F)F)c4c3C(F)(F)[C@@H]3C[C@H]43)nc2c1. The normalized spacial score (nSPS) is 17.1. The number of benzene rings is 3. The summed E-state index contributed by atoms with van der Waals surface area (Å²) >= 11 is 6.63. The highest BCUT2D eigenvalue weighted by molar-refractivity contribution is 7.92. The zero-order valence-electron chi connectivity index (χ0n) is 32.6. The molecule has 2 aliphatic carbocycles. The zero-order chi connectivity index (χ0) is 44.2. The highest BCUT2D eigenvalue weighted by atomic mass is 35.5. The van der Waals surface area contributed by atoms with Crippen LogP contribution in [0, 0.1) is 24.5 Å². The van der Waals surface area contributed by atoms with Gasteiger partial charge in [-0.1, -0.05) is 23.7 Å². The fraction of sp³-hybridized carbons (Fsp3) is 0.268. The summed E-state index contributed by atoms with van der Waals surface area (Å²) in [4.78, 5) is 38.5. The molecule has 0 spiro atoms. The van der Waals surface area contributed by atoms with Gasteiger partial charge in [-0.2, -0.15) is 19.0 Å². The van der Waals surface area contributed by atoms with Crippen LogP contribution < -0.4 is 15.6 Å². The van der Waals surface area contributed by atoms with Gasteiger partial charge in [0, 0.05) is 42.8 Å². The molecule has 3 atom stereocenters. The number of aromatic nitrogens is 7. The van der Waals surface area contributed by atoms with E-state index in [0.29, 0.717) is 22.0 Å². The molecule has 320 valence electrons. The Morgan fingerprint density at radius 2 is 1.79 bits per heavy atom. The molecule has 0 saturated heterocycles. The number of nitrogens with zero attached hydrogens (tertiary/aromatic N) is 7. The van der Waals surface area contributed by atoms with Gasteiger partial charge in [-0.05, 0) is 72.9 Å². The molecule has 0 bridgehead atoms. The van der Waals surface area contributed by atoms with Crippen molar-refractivity contribution in [2.45, 2.75) is 50.6 Å². The van der Waals surface area contributed by atoms with Crippen LogP contribution in [-0.2, 0) is 40.8 Å². The monoisotopic (exact) mass is 895 g/mol. The van der Waals surface area contributed by atoms with E-state index in [-0.39, 0.29) is 61.7 Å². The van der Waals surface area contributed by atoms with Crippen molar-refractivity contribution in [2.75, 3.05) is 11.0 Å². The summed E-state index contributed by atoms with van der Waals surface area (Å²) in [6.07, 6.45) is -1.18. The molecule has 2 N–H and O–H groups in total. The lowest BCUT2D eigenvalue weighted by Gasteiger charge is -2.24. The Morgan fingerprint density at radius 3 is 2.48 bits per heavy atom. The van der Waals surface area contributed by atoms with E-state index in [1.807, 2.05) is 13.0 Å². The molecular formula is C41H32ClF6N9O4S. The van der Waals surface area contributed by atoms with Crippen molar-refractivity contribution in [1.82, 2.24) is 39.4 Å². The summed E-state index contributed by atoms with van der Waals surface area (Å²) in [7, 11) is -2.45. The number of fused-ring (bicyclic) bond motifs is 5. The maximum absolute atomic E-state index is 15.5. The first-order valence-electron chi connectivity index (χ1n) is 18.9. The van der Waals surface area contributed by atoms with Gasteiger partial charge in [0.2, 0.25) is 15.9 Å². The summed E-state index contributed by atoms with van der Waals surface area (Å²) in [6.45, 7) is 0.851. The number of rotatable bonds is 11. The number of hydrogen-bond donors (Lipinski definition) is 2. The molecule has 4 aromatic heterocycles. The van der Waals surface area contributed by atoms with E-state index >= 15 is 13.6 Å². The third-order valence-corrected chi connectivity index (χ3v) is 12.0. The first-order valence-corrected chi connectivity index (χ1v) is 21.2. The van der Waals surface area contributed by atoms with Gasteiger partial charge in [0.25, 0.3) is 17.9 Å². The molecule has 1 saturated carbocycles. The number of hydrogen-bond acceptors (Lipinski definition) is 8. The lowest BCUT2D eigenvalue weighted by molar-refractivity contribution is -0.123. The fourth-order valence-electron chi connectivity index (χ4n) is 8.52. The summed E-state index contributed by atoms with van der Waals surface area (Å²) in [5.41, 5.74) is -0.543. The van der Waals surface area contributed by atoms with Crippen molar-refractivity contribution in [1.29, 1.82) is 0 Å². The van der Waals surface area contributed by atoms with E-state index in [9.17, 15) is 30.8 Å². The Hall–Kier alpha value is -6.28. The van der Waals surface area contributed by atoms with Gasteiger partial charge in [-0.15, -0.1) is 0 Å². The second kappa shape index (κ2) is 14.7. The van der Waals surface area contributed by atoms with Crippen molar-refractivity contribution in [3.05, 3.63) is 128 Å². The molecular weight excluding hydrogens is 864 g/mol. The number of alkyl halides is 4. The van der Waals surface area contributed by atoms with E-state index in [1.54, 1.807) is 24.4 Å². The average molecular weight is 896 g/mol. The van der Waals surface area contributed by atoms with Crippen LogP contribution in [0.4, 0.5) is 32.2 Å². The van der Waals surface area contributed by atoms with E-state index < -0.39 is 87.7 Å². The Morgan fingerprint density at radius 1 is 1.05 bits per heavy atom. The summed E-state index contributed by atoms with van der Waals surface area (Å²) in [5, 5.41) is 10.9. The molecule has 4 heterocycles. The number of anilines is 1. The van der Waals surface area contributed by atoms with Crippen LogP contribution in [0.25, 0.3) is 38.8 Å². The first-order chi connectivity index (χ1) is 29.3. The van der Waals surface area contributed by atoms with Gasteiger partial charge in [0.15, 0.2) is 5.82 Å². The molecule has 21 heteroatoms. The van der Waals surface area contributed by atoms with Crippen molar-refractivity contribution in [3.63, 3.8) is 0 Å². The Balaban J connectivity index is 1.26. The minimum Gasteiger partial charge on any atom is -0.344 e. The van der Waals surface area contributed by atoms with Gasteiger partial charge >= 0.3 is 0 Å². The predicted octanol–water partition coefficient (Wildman–Crippen LogP) is 7.39. The van der Waals surface area contributed by atoms with Crippen molar-refractivity contribution in [2.24, 2.45) is 13.0 Å². The molecule has 62 heavy (non-hydrogen) atoms. The second-order valence-corrected chi connectivity index (χ2v) is 17.6. The largest absolute Gasteiger partial charge is 0.344 e. The number of carbonyl (C=O) groups is 1. The maximum atomic E-state index is 15.5. The van der Waals surface area contributed by atoms with Crippen molar-refractivity contribution in [3.8, 4) is 16.9 Å². The zero-order valence-corrected chi connectivity index (χ0v) is 34.2. The molecule has 13 nitrogen and oxygen atoms in total. The summed E-state index contributed by atoms with van der Waals surface area (Å²) < 4.78 is 119. The van der Waals surface area contributed by atoms with Crippen LogP contribution in [0.5, 0.6) is 0 Å². The molecule has 0 aliphatic heterocycles. The van der Waals surface area contributed by atoms with Gasteiger partial charge in [0.05, 0.1) is 50.5 Å². The fourth-order valence-corrected chi connectivity index (χ4v) is 9.25. The number of pyridine rings is 1. The van der Waals surface area contributed by atoms with Gasteiger partial charge < -0.3 is 5.32 Å². The number of nitrogens with one attached hydrogen (secondary N) is 2. The number of carbonyl (C=O) groups excluding carboxylic acids is 1. The Bertz CT molecular complexity index is 3190. The van der Waals surface area contributed by atoms with Crippen LogP contribution in [0.15, 0.2) is 71.7 Å². The van der Waals surface area contributed by atoms with Crippen LogP contribution in [-0.4, -0.2) is 54.7 Å². The number of amides is 1. The van der Waals surface area contributed by atoms with Crippen LogP contribution in [0.3, 0.4) is 0 Å². The highest BCUT2D eigenvalue weighted by Crippen LogP contribution is 2.68. The molecule has 1 amide bonds. The third-order valence-electron chi connectivity index (χ3n) is 11.1. The van der Waals surface area contributed by atoms with Crippen molar-refractivity contribution >= 4 is 55.2 Å². The molecule has 2 aliphatic rings.